The number of nitrogens with zero attached hydrogens (tertiary/aromatic N) is 2. The number of urea groups is 1. The Bertz CT molecular complexity index is 320. The summed E-state index contributed by atoms with van der Waals surface area (Å²) in [6, 6.07) is -0.228. The minimum atomic E-state index is -0.996. The van der Waals surface area contributed by atoms with Gasteiger partial charge in [-0.1, -0.05) is 13.8 Å². The van der Waals surface area contributed by atoms with Gasteiger partial charge in [-0.25, -0.2) is 4.79 Å². The van der Waals surface area contributed by atoms with Crippen molar-refractivity contribution in [1.82, 2.24) is 9.80 Å². The molecule has 2 amide bonds. The number of hydrogen-bond acceptors (Lipinski definition) is 3. The number of carboxylic acids is 1. The van der Waals surface area contributed by atoms with E-state index in [-0.39, 0.29) is 31.0 Å². The molecule has 0 aromatic carbocycles. The molecule has 1 fully saturated rings. The van der Waals surface area contributed by atoms with E-state index in [0.717, 1.165) is 12.8 Å². The third-order valence-electron chi connectivity index (χ3n) is 3.23. The van der Waals surface area contributed by atoms with Crippen molar-refractivity contribution in [3.8, 4) is 0 Å². The first-order valence-corrected chi connectivity index (χ1v) is 6.80. The predicted molar refractivity (Wildman–Crippen MR) is 70.8 cm³/mol. The fourth-order valence-electron chi connectivity index (χ4n) is 2.40. The summed E-state index contributed by atoms with van der Waals surface area (Å²) in [7, 11) is 0. The largest absolute Gasteiger partial charge is 0.480 e. The fourth-order valence-corrected chi connectivity index (χ4v) is 2.40. The predicted octanol–water partition coefficient (Wildman–Crippen LogP) is 0.853. The van der Waals surface area contributed by atoms with Crippen LogP contribution in [0, 0.1) is 11.8 Å². The Morgan fingerprint density at radius 2 is 2.11 bits per heavy atom. The molecule has 19 heavy (non-hydrogen) atoms. The van der Waals surface area contributed by atoms with Crippen molar-refractivity contribution in [2.24, 2.45) is 11.8 Å². The number of piperidine rings is 1. The summed E-state index contributed by atoms with van der Waals surface area (Å²) in [5.74, 6) is -0.658. The Morgan fingerprint density at radius 1 is 1.42 bits per heavy atom. The summed E-state index contributed by atoms with van der Waals surface area (Å²) < 4.78 is 0. The minimum Gasteiger partial charge on any atom is -0.480 e. The average molecular weight is 272 g/mol. The molecule has 110 valence electrons. The molecule has 0 aromatic rings. The number of aliphatic hydroxyl groups excluding tert-OH is 1. The van der Waals surface area contributed by atoms with Crippen molar-refractivity contribution >= 4 is 12.0 Å². The summed E-state index contributed by atoms with van der Waals surface area (Å²) in [5, 5.41) is 18.1. The molecule has 2 N–H and O–H groups in total. The SMILES string of the molecule is CC(C)CN(CC(=O)O)C(=O)N1CCCC(CO)C1. The van der Waals surface area contributed by atoms with Gasteiger partial charge in [0.25, 0.3) is 0 Å². The summed E-state index contributed by atoms with van der Waals surface area (Å²) in [6.07, 6.45) is 1.78. The molecule has 0 saturated carbocycles. The van der Waals surface area contributed by atoms with Gasteiger partial charge in [0.15, 0.2) is 0 Å². The first-order valence-electron chi connectivity index (χ1n) is 6.80. The van der Waals surface area contributed by atoms with Crippen LogP contribution in [0.5, 0.6) is 0 Å². The molecule has 1 unspecified atom stereocenters. The maximum absolute atomic E-state index is 12.3. The zero-order valence-corrected chi connectivity index (χ0v) is 11.7. The highest BCUT2D eigenvalue weighted by Gasteiger charge is 2.28. The standard InChI is InChI=1S/C13H24N2O4/c1-10(2)6-15(8-12(17)18)13(19)14-5-3-4-11(7-14)9-16/h10-11,16H,3-9H2,1-2H3,(H,17,18). The highest BCUT2D eigenvalue weighted by Crippen LogP contribution is 2.17. The maximum Gasteiger partial charge on any atom is 0.323 e. The van der Waals surface area contributed by atoms with Gasteiger partial charge in [0.05, 0.1) is 0 Å². The van der Waals surface area contributed by atoms with Gasteiger partial charge in [-0.3, -0.25) is 4.79 Å². The molecular weight excluding hydrogens is 248 g/mol. The number of carbonyl (C=O) groups excluding carboxylic acids is 1. The lowest BCUT2D eigenvalue weighted by molar-refractivity contribution is -0.137. The molecule has 0 radical (unpaired) electrons. The zero-order valence-electron chi connectivity index (χ0n) is 11.7. The molecule has 1 aliphatic rings. The maximum atomic E-state index is 12.3. The van der Waals surface area contributed by atoms with E-state index in [9.17, 15) is 14.7 Å². The van der Waals surface area contributed by atoms with Gasteiger partial charge in [-0.05, 0) is 24.7 Å². The van der Waals surface area contributed by atoms with E-state index >= 15 is 0 Å². The van der Waals surface area contributed by atoms with Crippen LogP contribution in [0.15, 0.2) is 0 Å². The Labute approximate surface area is 114 Å². The van der Waals surface area contributed by atoms with E-state index in [2.05, 4.69) is 0 Å². The third-order valence-corrected chi connectivity index (χ3v) is 3.23. The monoisotopic (exact) mass is 272 g/mol. The highest BCUT2D eigenvalue weighted by molar-refractivity contribution is 5.80. The van der Waals surface area contributed by atoms with Crippen molar-refractivity contribution in [2.75, 3.05) is 32.8 Å². The van der Waals surface area contributed by atoms with Gasteiger partial charge < -0.3 is 20.0 Å². The number of carboxylic acid groups (broad SMARTS) is 1. The molecule has 1 atom stereocenters. The molecule has 0 aromatic heterocycles. The van der Waals surface area contributed by atoms with Gasteiger partial charge in [-0.15, -0.1) is 0 Å². The lowest BCUT2D eigenvalue weighted by Gasteiger charge is -2.36. The van der Waals surface area contributed by atoms with E-state index in [1.807, 2.05) is 13.8 Å². The Hall–Kier alpha value is -1.30. The smallest absolute Gasteiger partial charge is 0.323 e. The first-order chi connectivity index (χ1) is 8.93. The van der Waals surface area contributed by atoms with E-state index in [1.165, 1.54) is 4.90 Å². The summed E-state index contributed by atoms with van der Waals surface area (Å²) >= 11 is 0. The average Bonchev–Trinajstić information content (AvgIpc) is 2.36. The molecule has 1 saturated heterocycles. The van der Waals surface area contributed by atoms with Crippen LogP contribution in [-0.4, -0.2) is 64.8 Å². The van der Waals surface area contributed by atoms with Crippen molar-refractivity contribution in [3.05, 3.63) is 0 Å². The number of carbonyl (C=O) groups is 2. The molecule has 0 spiro atoms. The van der Waals surface area contributed by atoms with E-state index in [1.54, 1.807) is 4.90 Å². The third kappa shape index (κ3) is 5.06. The van der Waals surface area contributed by atoms with Crippen LogP contribution in [0.3, 0.4) is 0 Å². The quantitative estimate of drug-likeness (QED) is 0.777. The van der Waals surface area contributed by atoms with Crippen molar-refractivity contribution in [3.63, 3.8) is 0 Å². The number of hydrogen-bond donors (Lipinski definition) is 2. The molecule has 1 rings (SSSR count). The topological polar surface area (TPSA) is 81.1 Å². The number of rotatable bonds is 5. The first kappa shape index (κ1) is 15.8. The van der Waals surface area contributed by atoms with Crippen LogP contribution >= 0.6 is 0 Å². The number of aliphatic carboxylic acids is 1. The molecule has 6 heteroatoms. The lowest BCUT2D eigenvalue weighted by atomic mass is 9.99. The van der Waals surface area contributed by atoms with Crippen molar-refractivity contribution in [1.29, 1.82) is 0 Å². The van der Waals surface area contributed by atoms with E-state index in [4.69, 9.17) is 5.11 Å². The van der Waals surface area contributed by atoms with Gasteiger partial charge in [0, 0.05) is 26.2 Å². The molecule has 1 aliphatic heterocycles. The summed E-state index contributed by atoms with van der Waals surface area (Å²) in [4.78, 5) is 26.2. The molecular formula is C13H24N2O4. The van der Waals surface area contributed by atoms with E-state index in [0.29, 0.717) is 19.6 Å². The van der Waals surface area contributed by atoms with Gasteiger partial charge >= 0.3 is 12.0 Å². The van der Waals surface area contributed by atoms with Crippen molar-refractivity contribution in [2.45, 2.75) is 26.7 Å². The normalized spacial score (nSPS) is 19.6. The van der Waals surface area contributed by atoms with Crippen LogP contribution in [0.25, 0.3) is 0 Å². The van der Waals surface area contributed by atoms with Crippen LogP contribution < -0.4 is 0 Å². The van der Waals surface area contributed by atoms with Crippen LogP contribution in [-0.2, 0) is 4.79 Å². The summed E-state index contributed by atoms with van der Waals surface area (Å²) in [5.41, 5.74) is 0. The zero-order chi connectivity index (χ0) is 14.4. The molecule has 1 heterocycles. The molecule has 0 aliphatic carbocycles. The Balaban J connectivity index is 2.66. The fraction of sp³-hybridized carbons (Fsp3) is 0.846. The molecule has 0 bridgehead atoms. The van der Waals surface area contributed by atoms with Crippen LogP contribution in [0.2, 0.25) is 0 Å². The second-order valence-corrected chi connectivity index (χ2v) is 5.59. The Kier molecular flexibility index (Phi) is 6.08. The Morgan fingerprint density at radius 3 is 2.63 bits per heavy atom. The van der Waals surface area contributed by atoms with E-state index < -0.39 is 5.97 Å². The number of likely N-dealkylation sites (tertiary alicyclic amines) is 1. The van der Waals surface area contributed by atoms with Crippen LogP contribution in [0.4, 0.5) is 4.79 Å². The second kappa shape index (κ2) is 7.33. The van der Waals surface area contributed by atoms with Gasteiger partial charge in [0.1, 0.15) is 6.54 Å². The number of amides is 2. The minimum absolute atomic E-state index is 0.0763. The highest BCUT2D eigenvalue weighted by atomic mass is 16.4. The summed E-state index contributed by atoms with van der Waals surface area (Å²) in [6.45, 7) is 5.31. The van der Waals surface area contributed by atoms with Crippen molar-refractivity contribution < 1.29 is 19.8 Å². The molecule has 6 nitrogen and oxygen atoms in total. The van der Waals surface area contributed by atoms with Gasteiger partial charge in [-0.2, -0.15) is 0 Å². The van der Waals surface area contributed by atoms with Gasteiger partial charge in [0.2, 0.25) is 0 Å². The lowest BCUT2D eigenvalue weighted by Crippen LogP contribution is -2.50. The number of aliphatic hydroxyl groups is 1. The second-order valence-electron chi connectivity index (χ2n) is 5.59. The van der Waals surface area contributed by atoms with Crippen LogP contribution in [0.1, 0.15) is 26.7 Å².